The first-order valence-electron chi connectivity index (χ1n) is 7.26. The van der Waals surface area contributed by atoms with Crippen LogP contribution in [0.3, 0.4) is 0 Å². The van der Waals surface area contributed by atoms with Crippen LogP contribution in [0.15, 0.2) is 71.1 Å². The summed E-state index contributed by atoms with van der Waals surface area (Å²) in [6, 6.07) is 14.0. The van der Waals surface area contributed by atoms with Gasteiger partial charge in [-0.2, -0.15) is 8.42 Å². The topological polar surface area (TPSA) is 105 Å². The fourth-order valence-electron chi connectivity index (χ4n) is 2.30. The molecule has 130 valence electrons. The van der Waals surface area contributed by atoms with E-state index in [4.69, 9.17) is 19.4 Å². The van der Waals surface area contributed by atoms with Crippen molar-refractivity contribution in [3.05, 3.63) is 71.8 Å². The average Bonchev–Trinajstić information content (AvgIpc) is 2.90. The molecule has 0 aliphatic carbocycles. The third kappa shape index (κ3) is 3.29. The lowest BCUT2D eigenvalue weighted by atomic mass is 10.1. The SMILES string of the molecule is COc1ccc(C2OC(N)=C(OS(=O)(=O)c3ccccc3)C2=O)cc1. The van der Waals surface area contributed by atoms with Gasteiger partial charge >= 0.3 is 10.1 Å². The van der Waals surface area contributed by atoms with Gasteiger partial charge in [0.2, 0.25) is 17.4 Å². The zero-order chi connectivity index (χ0) is 18.0. The summed E-state index contributed by atoms with van der Waals surface area (Å²) in [5, 5.41) is 0. The van der Waals surface area contributed by atoms with Crippen LogP contribution in [0, 0.1) is 0 Å². The number of rotatable bonds is 5. The van der Waals surface area contributed by atoms with E-state index in [1.54, 1.807) is 42.5 Å². The highest BCUT2D eigenvalue weighted by atomic mass is 32.2. The summed E-state index contributed by atoms with van der Waals surface area (Å²) < 4.78 is 39.8. The van der Waals surface area contributed by atoms with Gasteiger partial charge in [-0.3, -0.25) is 4.79 Å². The van der Waals surface area contributed by atoms with Gasteiger partial charge in [0.1, 0.15) is 10.6 Å². The summed E-state index contributed by atoms with van der Waals surface area (Å²) in [6.07, 6.45) is -1.06. The van der Waals surface area contributed by atoms with Crippen LogP contribution in [0.1, 0.15) is 11.7 Å². The molecule has 0 saturated carbocycles. The lowest BCUT2D eigenvalue weighted by molar-refractivity contribution is -0.123. The van der Waals surface area contributed by atoms with Crippen LogP contribution in [-0.2, 0) is 23.8 Å². The number of ether oxygens (including phenoxy) is 2. The van der Waals surface area contributed by atoms with Crippen molar-refractivity contribution >= 4 is 15.9 Å². The number of carbonyl (C=O) groups is 1. The van der Waals surface area contributed by atoms with E-state index in [0.717, 1.165) is 0 Å². The summed E-state index contributed by atoms with van der Waals surface area (Å²) in [5.74, 6) is -0.949. The molecule has 0 spiro atoms. The van der Waals surface area contributed by atoms with Crippen molar-refractivity contribution in [1.29, 1.82) is 0 Å². The monoisotopic (exact) mass is 361 g/mol. The number of nitrogens with two attached hydrogens (primary N) is 1. The predicted octanol–water partition coefficient (Wildman–Crippen LogP) is 1.87. The standard InChI is InChI=1S/C17H15NO6S/c1-22-12-9-7-11(8-10-12)15-14(19)16(17(18)23-15)24-25(20,21)13-5-3-2-4-6-13/h2-10,15H,18H2,1H3. The molecule has 1 aliphatic rings. The highest BCUT2D eigenvalue weighted by Gasteiger charge is 2.39. The van der Waals surface area contributed by atoms with E-state index in [2.05, 4.69) is 0 Å². The molecule has 2 aromatic rings. The molecule has 7 nitrogen and oxygen atoms in total. The first kappa shape index (κ1) is 16.8. The summed E-state index contributed by atoms with van der Waals surface area (Å²) in [5.41, 5.74) is 6.17. The van der Waals surface area contributed by atoms with Crippen molar-refractivity contribution in [2.45, 2.75) is 11.0 Å². The second-order valence-corrected chi connectivity index (χ2v) is 6.73. The smallest absolute Gasteiger partial charge is 0.339 e. The van der Waals surface area contributed by atoms with Crippen LogP contribution in [0.4, 0.5) is 0 Å². The molecule has 0 bridgehead atoms. The van der Waals surface area contributed by atoms with Gasteiger partial charge < -0.3 is 19.4 Å². The van der Waals surface area contributed by atoms with Crippen molar-refractivity contribution in [2.75, 3.05) is 7.11 Å². The molecule has 1 aliphatic heterocycles. The van der Waals surface area contributed by atoms with Crippen LogP contribution >= 0.6 is 0 Å². The number of Topliss-reactive ketones (excluding diaryl/α,β-unsaturated/α-hetero) is 1. The Labute approximate surface area is 144 Å². The van der Waals surface area contributed by atoms with E-state index in [-0.39, 0.29) is 10.8 Å². The fraction of sp³-hybridized carbons (Fsp3) is 0.118. The molecule has 8 heteroatoms. The average molecular weight is 361 g/mol. The van der Waals surface area contributed by atoms with Gasteiger partial charge in [-0.25, -0.2) is 0 Å². The highest BCUT2D eigenvalue weighted by Crippen LogP contribution is 2.33. The number of hydrogen-bond acceptors (Lipinski definition) is 7. The first-order valence-corrected chi connectivity index (χ1v) is 8.67. The Bertz CT molecular complexity index is 919. The van der Waals surface area contributed by atoms with Crippen LogP contribution in [0.25, 0.3) is 0 Å². The van der Waals surface area contributed by atoms with E-state index in [1.165, 1.54) is 19.2 Å². The molecular formula is C17H15NO6S. The second kappa shape index (κ2) is 6.48. The third-order valence-corrected chi connectivity index (χ3v) is 4.81. The fourth-order valence-corrected chi connectivity index (χ4v) is 3.27. The summed E-state index contributed by atoms with van der Waals surface area (Å²) >= 11 is 0. The van der Waals surface area contributed by atoms with Crippen molar-refractivity contribution in [1.82, 2.24) is 0 Å². The molecular weight excluding hydrogens is 346 g/mol. The Morgan fingerprint density at radius 3 is 2.28 bits per heavy atom. The van der Waals surface area contributed by atoms with E-state index < -0.39 is 27.8 Å². The zero-order valence-electron chi connectivity index (χ0n) is 13.2. The Kier molecular flexibility index (Phi) is 4.37. The molecule has 0 fully saturated rings. The molecule has 0 aromatic heterocycles. The summed E-state index contributed by atoms with van der Waals surface area (Å²) in [4.78, 5) is 12.4. The molecule has 1 atom stereocenters. The summed E-state index contributed by atoms with van der Waals surface area (Å²) in [6.45, 7) is 0. The van der Waals surface area contributed by atoms with E-state index in [9.17, 15) is 13.2 Å². The van der Waals surface area contributed by atoms with E-state index in [0.29, 0.717) is 11.3 Å². The Morgan fingerprint density at radius 1 is 1.04 bits per heavy atom. The van der Waals surface area contributed by atoms with Crippen LogP contribution in [0.2, 0.25) is 0 Å². The molecule has 1 heterocycles. The van der Waals surface area contributed by atoms with Crippen molar-refractivity contribution in [2.24, 2.45) is 5.73 Å². The van der Waals surface area contributed by atoms with Gasteiger partial charge in [-0.1, -0.05) is 30.3 Å². The zero-order valence-corrected chi connectivity index (χ0v) is 14.0. The van der Waals surface area contributed by atoms with Crippen molar-refractivity contribution in [3.8, 4) is 5.75 Å². The first-order chi connectivity index (χ1) is 11.9. The minimum atomic E-state index is -4.18. The number of ketones is 1. The van der Waals surface area contributed by atoms with Gasteiger partial charge in [0.05, 0.1) is 7.11 Å². The molecule has 3 rings (SSSR count). The molecule has 0 radical (unpaired) electrons. The quantitative estimate of drug-likeness (QED) is 0.811. The molecule has 0 amide bonds. The Morgan fingerprint density at radius 2 is 1.68 bits per heavy atom. The van der Waals surface area contributed by atoms with Gasteiger partial charge in [-0.05, 0) is 24.3 Å². The minimum Gasteiger partial charge on any atom is -0.497 e. The van der Waals surface area contributed by atoms with Crippen LogP contribution in [0.5, 0.6) is 5.75 Å². The molecule has 1 unspecified atom stereocenters. The van der Waals surface area contributed by atoms with Gasteiger partial charge in [-0.15, -0.1) is 0 Å². The van der Waals surface area contributed by atoms with Gasteiger partial charge in [0.15, 0.2) is 6.10 Å². The van der Waals surface area contributed by atoms with Crippen LogP contribution < -0.4 is 10.5 Å². The number of methoxy groups -OCH3 is 1. The maximum atomic E-state index is 12.5. The Hall–Kier alpha value is -3.00. The largest absolute Gasteiger partial charge is 0.497 e. The molecule has 2 N–H and O–H groups in total. The van der Waals surface area contributed by atoms with Gasteiger partial charge in [0.25, 0.3) is 0 Å². The minimum absolute atomic E-state index is 0.0870. The van der Waals surface area contributed by atoms with Gasteiger partial charge in [0, 0.05) is 5.56 Å². The predicted molar refractivity (Wildman–Crippen MR) is 87.8 cm³/mol. The second-order valence-electron chi connectivity index (χ2n) is 5.18. The maximum absolute atomic E-state index is 12.5. The van der Waals surface area contributed by atoms with E-state index in [1.807, 2.05) is 0 Å². The van der Waals surface area contributed by atoms with Crippen LogP contribution in [-0.4, -0.2) is 21.3 Å². The lowest BCUT2D eigenvalue weighted by Gasteiger charge is -2.10. The lowest BCUT2D eigenvalue weighted by Crippen LogP contribution is -2.15. The normalized spacial score (nSPS) is 17.3. The third-order valence-electron chi connectivity index (χ3n) is 3.57. The number of benzene rings is 2. The van der Waals surface area contributed by atoms with Crippen molar-refractivity contribution in [3.63, 3.8) is 0 Å². The Balaban J connectivity index is 1.83. The number of carbonyl (C=O) groups excluding carboxylic acids is 1. The molecule has 2 aromatic carbocycles. The number of hydrogen-bond donors (Lipinski definition) is 1. The highest BCUT2D eigenvalue weighted by molar-refractivity contribution is 7.86. The maximum Gasteiger partial charge on any atom is 0.339 e. The van der Waals surface area contributed by atoms with Crippen molar-refractivity contribution < 1.29 is 26.9 Å². The molecule has 0 saturated heterocycles. The molecule has 25 heavy (non-hydrogen) atoms. The summed E-state index contributed by atoms with van der Waals surface area (Å²) in [7, 11) is -2.66. The van der Waals surface area contributed by atoms with E-state index >= 15 is 0 Å².